The summed E-state index contributed by atoms with van der Waals surface area (Å²) in [7, 11) is 0. The molecule has 0 heterocycles. The van der Waals surface area contributed by atoms with Gasteiger partial charge in [-0.2, -0.15) is 5.11 Å². The van der Waals surface area contributed by atoms with Gasteiger partial charge in [0.15, 0.2) is 0 Å². The van der Waals surface area contributed by atoms with Gasteiger partial charge in [0.2, 0.25) is 0 Å². The summed E-state index contributed by atoms with van der Waals surface area (Å²) in [6, 6.07) is 24.2. The van der Waals surface area contributed by atoms with Crippen LogP contribution in [-0.2, 0) is 0 Å². The molecule has 1 unspecified atom stereocenters. The zero-order valence-electron chi connectivity index (χ0n) is 10.5. The van der Waals surface area contributed by atoms with E-state index in [4.69, 9.17) is 5.53 Å². The minimum absolute atomic E-state index is 0.217. The molecule has 0 aromatic heterocycles. The molecule has 3 rings (SSSR count). The molecule has 0 spiro atoms. The third-order valence-corrected chi connectivity index (χ3v) is 3.33. The molecule has 0 aliphatic carbocycles. The van der Waals surface area contributed by atoms with E-state index in [0.717, 1.165) is 11.1 Å². The summed E-state index contributed by atoms with van der Waals surface area (Å²) in [5, 5.41) is 6.18. The average molecular weight is 246 g/mol. The number of nitrogens with one attached hydrogen (secondary N) is 1. The van der Waals surface area contributed by atoms with Crippen LogP contribution in [-0.4, -0.2) is 0 Å². The number of hydrogen-bond acceptors (Lipinski definition) is 2. The molecule has 0 aliphatic heterocycles. The standard InChI is InChI=1S/C17H14N2/c18-19-17(14-7-2-1-3-8-14)16-11-10-13-6-4-5-9-15(13)12-16/h1-12,17-18H. The first-order valence-electron chi connectivity index (χ1n) is 6.29. The molecule has 0 fully saturated rings. The van der Waals surface area contributed by atoms with Crippen molar-refractivity contribution in [3.63, 3.8) is 0 Å². The highest BCUT2D eigenvalue weighted by molar-refractivity contribution is 5.83. The van der Waals surface area contributed by atoms with Crippen molar-refractivity contribution in [2.24, 2.45) is 5.11 Å². The molecule has 1 N–H and O–H groups in total. The highest BCUT2D eigenvalue weighted by Crippen LogP contribution is 2.28. The lowest BCUT2D eigenvalue weighted by Crippen LogP contribution is -1.96. The van der Waals surface area contributed by atoms with E-state index >= 15 is 0 Å². The summed E-state index contributed by atoms with van der Waals surface area (Å²) in [6.45, 7) is 0. The molecule has 0 bridgehead atoms. The number of nitrogens with zero attached hydrogens (tertiary/aromatic N) is 1. The quantitative estimate of drug-likeness (QED) is 0.634. The van der Waals surface area contributed by atoms with Crippen molar-refractivity contribution >= 4 is 10.8 Å². The Kier molecular flexibility index (Phi) is 3.07. The first-order valence-corrected chi connectivity index (χ1v) is 6.29. The Hall–Kier alpha value is -2.48. The van der Waals surface area contributed by atoms with Gasteiger partial charge < -0.3 is 0 Å². The fourth-order valence-corrected chi connectivity index (χ4v) is 2.35. The molecule has 0 radical (unpaired) electrons. The lowest BCUT2D eigenvalue weighted by molar-refractivity contribution is 0.777. The first-order chi connectivity index (χ1) is 9.38. The number of fused-ring (bicyclic) bond motifs is 1. The zero-order valence-corrected chi connectivity index (χ0v) is 10.5. The minimum Gasteiger partial charge on any atom is -0.209 e. The molecular weight excluding hydrogens is 232 g/mol. The van der Waals surface area contributed by atoms with Crippen LogP contribution in [0.2, 0.25) is 0 Å². The molecule has 0 amide bonds. The number of rotatable bonds is 3. The lowest BCUT2D eigenvalue weighted by atomic mass is 9.97. The fourth-order valence-electron chi connectivity index (χ4n) is 2.35. The summed E-state index contributed by atoms with van der Waals surface area (Å²) in [6.07, 6.45) is 0. The van der Waals surface area contributed by atoms with Crippen molar-refractivity contribution in [2.75, 3.05) is 0 Å². The van der Waals surface area contributed by atoms with Crippen LogP contribution in [0.25, 0.3) is 10.8 Å². The van der Waals surface area contributed by atoms with E-state index in [1.807, 2.05) is 42.5 Å². The van der Waals surface area contributed by atoms with Crippen LogP contribution in [0, 0.1) is 5.53 Å². The maximum atomic E-state index is 7.47. The summed E-state index contributed by atoms with van der Waals surface area (Å²) in [5.41, 5.74) is 9.57. The third kappa shape index (κ3) is 2.25. The van der Waals surface area contributed by atoms with Gasteiger partial charge in [0, 0.05) is 0 Å². The van der Waals surface area contributed by atoms with Crippen molar-refractivity contribution in [3.8, 4) is 0 Å². The minimum atomic E-state index is -0.217. The zero-order chi connectivity index (χ0) is 13.1. The molecule has 0 saturated carbocycles. The van der Waals surface area contributed by atoms with E-state index in [1.165, 1.54) is 10.8 Å². The third-order valence-electron chi connectivity index (χ3n) is 3.33. The Morgan fingerprint density at radius 1 is 0.684 bits per heavy atom. The number of hydrogen-bond donors (Lipinski definition) is 1. The molecule has 3 aromatic carbocycles. The van der Waals surface area contributed by atoms with Crippen molar-refractivity contribution in [1.29, 1.82) is 5.53 Å². The van der Waals surface area contributed by atoms with E-state index < -0.39 is 0 Å². The second-order valence-electron chi connectivity index (χ2n) is 4.55. The van der Waals surface area contributed by atoms with Crippen molar-refractivity contribution in [3.05, 3.63) is 83.9 Å². The normalized spacial score (nSPS) is 12.2. The largest absolute Gasteiger partial charge is 0.209 e. The molecule has 0 aliphatic rings. The van der Waals surface area contributed by atoms with E-state index in [9.17, 15) is 0 Å². The maximum Gasteiger partial charge on any atom is 0.121 e. The Labute approximate surface area is 112 Å². The van der Waals surface area contributed by atoms with Gasteiger partial charge >= 0.3 is 0 Å². The van der Waals surface area contributed by atoms with Crippen LogP contribution in [0.3, 0.4) is 0 Å². The second-order valence-corrected chi connectivity index (χ2v) is 4.55. The van der Waals surface area contributed by atoms with Gasteiger partial charge in [0.1, 0.15) is 6.04 Å². The molecule has 1 atom stereocenters. The van der Waals surface area contributed by atoms with Gasteiger partial charge in [-0.05, 0) is 28.0 Å². The topological polar surface area (TPSA) is 36.2 Å². The predicted molar refractivity (Wildman–Crippen MR) is 77.4 cm³/mol. The Morgan fingerprint density at radius 2 is 1.37 bits per heavy atom. The van der Waals surface area contributed by atoms with Gasteiger partial charge in [-0.3, -0.25) is 0 Å². The van der Waals surface area contributed by atoms with Crippen molar-refractivity contribution in [1.82, 2.24) is 0 Å². The highest BCUT2D eigenvalue weighted by Gasteiger charge is 2.12. The molecule has 2 nitrogen and oxygen atoms in total. The van der Waals surface area contributed by atoms with Gasteiger partial charge in [-0.1, -0.05) is 66.7 Å². The Morgan fingerprint density at radius 3 is 2.11 bits per heavy atom. The van der Waals surface area contributed by atoms with E-state index in [2.05, 4.69) is 35.4 Å². The number of benzene rings is 3. The molecule has 2 heteroatoms. The van der Waals surface area contributed by atoms with E-state index in [0.29, 0.717) is 0 Å². The summed E-state index contributed by atoms with van der Waals surface area (Å²) in [4.78, 5) is 0. The van der Waals surface area contributed by atoms with Gasteiger partial charge in [0.05, 0.1) is 0 Å². The van der Waals surface area contributed by atoms with Crippen molar-refractivity contribution in [2.45, 2.75) is 6.04 Å². The van der Waals surface area contributed by atoms with Crippen molar-refractivity contribution < 1.29 is 0 Å². The first kappa shape index (κ1) is 11.6. The Bertz CT molecular complexity index is 705. The summed E-state index contributed by atoms with van der Waals surface area (Å²) >= 11 is 0. The van der Waals surface area contributed by atoms with E-state index in [-0.39, 0.29) is 6.04 Å². The second kappa shape index (κ2) is 5.02. The highest BCUT2D eigenvalue weighted by atomic mass is 15.0. The summed E-state index contributed by atoms with van der Waals surface area (Å²) in [5.74, 6) is 0. The molecule has 19 heavy (non-hydrogen) atoms. The SMILES string of the molecule is N=NC(c1ccccc1)c1ccc2ccccc2c1. The van der Waals surface area contributed by atoms with E-state index in [1.54, 1.807) is 0 Å². The van der Waals surface area contributed by atoms with Gasteiger partial charge in [0.25, 0.3) is 0 Å². The smallest absolute Gasteiger partial charge is 0.121 e. The fraction of sp³-hybridized carbons (Fsp3) is 0.0588. The van der Waals surface area contributed by atoms with Crippen LogP contribution >= 0.6 is 0 Å². The van der Waals surface area contributed by atoms with Gasteiger partial charge in [-0.25, -0.2) is 5.53 Å². The van der Waals surface area contributed by atoms with Crippen LogP contribution in [0.15, 0.2) is 77.9 Å². The Balaban J connectivity index is 2.09. The van der Waals surface area contributed by atoms with Crippen LogP contribution in [0.1, 0.15) is 17.2 Å². The monoisotopic (exact) mass is 246 g/mol. The van der Waals surface area contributed by atoms with Gasteiger partial charge in [-0.15, -0.1) is 0 Å². The lowest BCUT2D eigenvalue weighted by Gasteiger charge is -2.12. The van der Waals surface area contributed by atoms with Crippen LogP contribution < -0.4 is 0 Å². The van der Waals surface area contributed by atoms with Crippen LogP contribution in [0.4, 0.5) is 0 Å². The molecule has 92 valence electrons. The average Bonchev–Trinajstić information content (AvgIpc) is 2.49. The van der Waals surface area contributed by atoms with Crippen LogP contribution in [0.5, 0.6) is 0 Å². The molecular formula is C17H14N2. The molecule has 3 aromatic rings. The summed E-state index contributed by atoms with van der Waals surface area (Å²) < 4.78 is 0. The molecule has 0 saturated heterocycles. The maximum absolute atomic E-state index is 7.47. The predicted octanol–water partition coefficient (Wildman–Crippen LogP) is 4.96.